The predicted octanol–water partition coefficient (Wildman–Crippen LogP) is 5.20. The summed E-state index contributed by atoms with van der Waals surface area (Å²) in [5, 5.41) is 26.0. The van der Waals surface area contributed by atoms with Crippen LogP contribution < -0.4 is 5.32 Å². The minimum atomic E-state index is -2.59. The molecule has 5 rings (SSSR count). The molecule has 0 aromatic carbocycles. The number of aryl methyl sites for hydroxylation is 1. The van der Waals surface area contributed by atoms with Crippen molar-refractivity contribution in [1.29, 1.82) is 0 Å². The van der Waals surface area contributed by atoms with E-state index in [9.17, 15) is 13.9 Å². The van der Waals surface area contributed by atoms with Gasteiger partial charge in [0, 0.05) is 55.0 Å². The fourth-order valence-corrected chi connectivity index (χ4v) is 7.47. The molecule has 3 fully saturated rings. The summed E-state index contributed by atoms with van der Waals surface area (Å²) in [4.78, 5) is 7.19. The molecule has 4 atom stereocenters. The number of hydrogen-bond donors (Lipinski definition) is 2. The Hall–Kier alpha value is -1.49. The van der Waals surface area contributed by atoms with E-state index in [-0.39, 0.29) is 24.8 Å². The summed E-state index contributed by atoms with van der Waals surface area (Å²) in [7, 11) is 0. The van der Waals surface area contributed by atoms with Gasteiger partial charge in [-0.25, -0.2) is 13.8 Å². The summed E-state index contributed by atoms with van der Waals surface area (Å²) >= 11 is 1.59. The van der Waals surface area contributed by atoms with Gasteiger partial charge < -0.3 is 9.67 Å². The zero-order valence-corrected chi connectivity index (χ0v) is 22.4. The SMILES string of the molecule is Cc1nnc(C(C)C)n1C1CC2CCC(C1)N2CC[C@H](NC(O)C1CCC(F)(F)CC1)c1nccs1. The highest BCUT2D eigenvalue weighted by Crippen LogP contribution is 2.43. The number of aliphatic hydroxyl groups excluding tert-OH is 1. The normalized spacial score (nSPS) is 28.6. The Balaban J connectivity index is 1.22. The van der Waals surface area contributed by atoms with Crippen molar-refractivity contribution < 1.29 is 13.9 Å². The fourth-order valence-electron chi connectivity index (χ4n) is 6.74. The third-order valence-electron chi connectivity index (χ3n) is 8.64. The molecule has 2 bridgehead atoms. The van der Waals surface area contributed by atoms with Crippen LogP contribution in [0, 0.1) is 12.8 Å². The number of fused-ring (bicyclic) bond motifs is 2. The first kappa shape index (κ1) is 26.1. The van der Waals surface area contributed by atoms with Crippen LogP contribution in [0.25, 0.3) is 0 Å². The van der Waals surface area contributed by atoms with Crippen molar-refractivity contribution in [2.75, 3.05) is 6.54 Å². The Morgan fingerprint density at radius 2 is 1.81 bits per heavy atom. The number of rotatable bonds is 9. The summed E-state index contributed by atoms with van der Waals surface area (Å²) in [6, 6.07) is 1.45. The van der Waals surface area contributed by atoms with Crippen LogP contribution in [-0.4, -0.2) is 60.5 Å². The largest absolute Gasteiger partial charge is 0.378 e. The van der Waals surface area contributed by atoms with Crippen LogP contribution in [0.2, 0.25) is 0 Å². The molecule has 2 aliphatic heterocycles. The summed E-state index contributed by atoms with van der Waals surface area (Å²) in [6.07, 6.45) is 6.94. The van der Waals surface area contributed by atoms with E-state index in [1.807, 2.05) is 5.38 Å². The lowest BCUT2D eigenvalue weighted by atomic mass is 9.85. The summed E-state index contributed by atoms with van der Waals surface area (Å²) in [5.74, 6) is -0.265. The van der Waals surface area contributed by atoms with Crippen molar-refractivity contribution in [2.24, 2.45) is 5.92 Å². The molecule has 7 nitrogen and oxygen atoms in total. The van der Waals surface area contributed by atoms with Gasteiger partial charge in [0.1, 0.15) is 22.9 Å². The van der Waals surface area contributed by atoms with Crippen LogP contribution in [0.5, 0.6) is 0 Å². The quantitative estimate of drug-likeness (QED) is 0.441. The second-order valence-electron chi connectivity index (χ2n) is 11.4. The number of alkyl halides is 2. The maximum absolute atomic E-state index is 13.6. The number of piperidine rings is 1. The molecule has 10 heteroatoms. The summed E-state index contributed by atoms with van der Waals surface area (Å²) in [5.41, 5.74) is 0. The predicted molar refractivity (Wildman–Crippen MR) is 136 cm³/mol. The second-order valence-corrected chi connectivity index (χ2v) is 12.3. The van der Waals surface area contributed by atoms with Crippen molar-refractivity contribution in [3.05, 3.63) is 28.2 Å². The number of thiazole rings is 1. The van der Waals surface area contributed by atoms with E-state index in [1.54, 1.807) is 17.5 Å². The molecule has 0 amide bonds. The Labute approximate surface area is 216 Å². The molecule has 0 radical (unpaired) electrons. The molecular formula is C26H40F2N6OS. The lowest BCUT2D eigenvalue weighted by molar-refractivity contribution is -0.0684. The van der Waals surface area contributed by atoms with Gasteiger partial charge in [0.15, 0.2) is 0 Å². The van der Waals surface area contributed by atoms with E-state index in [0.717, 1.165) is 42.5 Å². The van der Waals surface area contributed by atoms with Crippen molar-refractivity contribution in [3.63, 3.8) is 0 Å². The second kappa shape index (κ2) is 10.7. The molecular weight excluding hydrogens is 482 g/mol. The molecule has 3 unspecified atom stereocenters. The summed E-state index contributed by atoms with van der Waals surface area (Å²) < 4.78 is 29.6. The van der Waals surface area contributed by atoms with Gasteiger partial charge in [0.2, 0.25) is 5.92 Å². The maximum Gasteiger partial charge on any atom is 0.248 e. The third kappa shape index (κ3) is 5.51. The number of nitrogens with zero attached hydrogens (tertiary/aromatic N) is 5. The van der Waals surface area contributed by atoms with Crippen LogP contribution in [-0.2, 0) is 0 Å². The van der Waals surface area contributed by atoms with Crippen LogP contribution in [0.15, 0.2) is 11.6 Å². The molecule has 2 aromatic rings. The number of aliphatic hydroxyl groups is 1. The molecule has 4 heterocycles. The highest BCUT2D eigenvalue weighted by atomic mass is 32.1. The van der Waals surface area contributed by atoms with Crippen LogP contribution in [0.4, 0.5) is 8.78 Å². The molecule has 3 aliphatic rings. The van der Waals surface area contributed by atoms with Gasteiger partial charge in [-0.2, -0.15) is 0 Å². The molecule has 200 valence electrons. The number of halogens is 2. The average molecular weight is 523 g/mol. The molecule has 2 aromatic heterocycles. The smallest absolute Gasteiger partial charge is 0.248 e. The van der Waals surface area contributed by atoms with Crippen molar-refractivity contribution in [3.8, 4) is 0 Å². The zero-order chi connectivity index (χ0) is 25.4. The van der Waals surface area contributed by atoms with Gasteiger partial charge in [0.05, 0.1) is 6.04 Å². The van der Waals surface area contributed by atoms with Crippen molar-refractivity contribution in [1.82, 2.24) is 30.0 Å². The average Bonchev–Trinajstić information content (AvgIpc) is 3.55. The molecule has 1 aliphatic carbocycles. The Morgan fingerprint density at radius 1 is 1.11 bits per heavy atom. The van der Waals surface area contributed by atoms with E-state index >= 15 is 0 Å². The third-order valence-corrected chi connectivity index (χ3v) is 9.53. The first-order chi connectivity index (χ1) is 17.2. The minimum absolute atomic E-state index is 0.0767. The van der Waals surface area contributed by atoms with Gasteiger partial charge >= 0.3 is 0 Å². The van der Waals surface area contributed by atoms with Crippen LogP contribution >= 0.6 is 11.3 Å². The molecule has 1 saturated carbocycles. The maximum atomic E-state index is 13.6. The molecule has 2 saturated heterocycles. The molecule has 2 N–H and O–H groups in total. The van der Waals surface area contributed by atoms with E-state index in [1.165, 1.54) is 12.8 Å². The Bertz CT molecular complexity index is 975. The van der Waals surface area contributed by atoms with Crippen molar-refractivity contribution >= 4 is 11.3 Å². The van der Waals surface area contributed by atoms with E-state index in [0.29, 0.717) is 36.9 Å². The van der Waals surface area contributed by atoms with Gasteiger partial charge in [-0.15, -0.1) is 21.5 Å². The van der Waals surface area contributed by atoms with E-state index < -0.39 is 12.2 Å². The van der Waals surface area contributed by atoms with Gasteiger partial charge in [-0.1, -0.05) is 13.8 Å². The zero-order valence-electron chi connectivity index (χ0n) is 21.6. The highest BCUT2D eigenvalue weighted by molar-refractivity contribution is 7.09. The minimum Gasteiger partial charge on any atom is -0.378 e. The first-order valence-electron chi connectivity index (χ1n) is 13.6. The van der Waals surface area contributed by atoms with Gasteiger partial charge in [0.25, 0.3) is 0 Å². The monoisotopic (exact) mass is 522 g/mol. The Morgan fingerprint density at radius 3 is 2.42 bits per heavy atom. The topological polar surface area (TPSA) is 79.1 Å². The van der Waals surface area contributed by atoms with Crippen LogP contribution in [0.3, 0.4) is 0 Å². The van der Waals surface area contributed by atoms with E-state index in [2.05, 4.69) is 50.7 Å². The van der Waals surface area contributed by atoms with Gasteiger partial charge in [-0.3, -0.25) is 10.2 Å². The van der Waals surface area contributed by atoms with Gasteiger partial charge in [-0.05, 0) is 57.8 Å². The van der Waals surface area contributed by atoms with Crippen LogP contribution in [0.1, 0.15) is 106 Å². The lowest BCUT2D eigenvalue weighted by Crippen LogP contribution is -2.46. The highest BCUT2D eigenvalue weighted by Gasteiger charge is 2.43. The fraction of sp³-hybridized carbons (Fsp3) is 0.808. The number of aromatic nitrogens is 4. The lowest BCUT2D eigenvalue weighted by Gasteiger charge is -2.41. The number of nitrogens with one attached hydrogen (secondary N) is 1. The standard InChI is InChI=1S/C26H40F2N6OS/c1-16(2)23-32-31-17(3)34(23)21-14-19-4-5-20(15-21)33(19)12-8-22(25-29-11-13-36-25)30-24(35)18-6-9-26(27,28)10-7-18/h11,13,16,18-22,24,30,35H,4-10,12,14-15H2,1-3H3/t19?,20?,21?,22-,24?/m0/s1. The molecule has 0 spiro atoms. The molecule has 36 heavy (non-hydrogen) atoms. The summed E-state index contributed by atoms with van der Waals surface area (Å²) in [6.45, 7) is 7.37. The number of hydrogen-bond acceptors (Lipinski definition) is 7. The van der Waals surface area contributed by atoms with E-state index in [4.69, 9.17) is 0 Å². The first-order valence-corrected chi connectivity index (χ1v) is 14.5. The van der Waals surface area contributed by atoms with Crippen molar-refractivity contribution in [2.45, 2.75) is 121 Å². The Kier molecular flexibility index (Phi) is 7.77.